The summed E-state index contributed by atoms with van der Waals surface area (Å²) in [5.74, 6) is -2.30. The second-order valence-corrected chi connectivity index (χ2v) is 28.8. The molecule has 0 aromatic rings. The van der Waals surface area contributed by atoms with E-state index in [1.807, 2.05) is 18.2 Å². The quantitative estimate of drug-likeness (QED) is 0.0169. The molecule has 0 amide bonds. The van der Waals surface area contributed by atoms with Crippen LogP contribution >= 0.6 is 15.6 Å². The molecule has 0 aliphatic carbocycles. The van der Waals surface area contributed by atoms with Crippen LogP contribution in [0.15, 0.2) is 134 Å². The van der Waals surface area contributed by atoms with Crippen molar-refractivity contribution in [3.8, 4) is 0 Å². The molecular weight excluding hydrogens is 1330 g/mol. The van der Waals surface area contributed by atoms with E-state index in [9.17, 15) is 43.2 Å². The van der Waals surface area contributed by atoms with Gasteiger partial charge in [0, 0.05) is 25.7 Å². The lowest BCUT2D eigenvalue weighted by atomic mass is 10.0. The first-order valence-corrected chi connectivity index (χ1v) is 42.4. The van der Waals surface area contributed by atoms with E-state index in [1.54, 1.807) is 0 Å². The first-order valence-electron chi connectivity index (χ1n) is 39.4. The highest BCUT2D eigenvalue weighted by atomic mass is 31.2. The molecule has 0 saturated heterocycles. The highest BCUT2D eigenvalue weighted by Gasteiger charge is 2.30. The zero-order chi connectivity index (χ0) is 74.6. The third kappa shape index (κ3) is 73.5. The lowest BCUT2D eigenvalue weighted by Gasteiger charge is -2.21. The molecule has 0 bridgehead atoms. The summed E-state index contributed by atoms with van der Waals surface area (Å²) in [4.78, 5) is 72.9. The molecule has 5 unspecified atom stereocenters. The van der Waals surface area contributed by atoms with Crippen LogP contribution in [-0.2, 0) is 65.4 Å². The molecule has 0 saturated carbocycles. The van der Waals surface area contributed by atoms with Crippen molar-refractivity contribution < 1.29 is 80.2 Å². The van der Waals surface area contributed by atoms with Crippen molar-refractivity contribution in [1.82, 2.24) is 0 Å². The van der Waals surface area contributed by atoms with Gasteiger partial charge in [-0.1, -0.05) is 290 Å². The second-order valence-electron chi connectivity index (χ2n) is 25.9. The van der Waals surface area contributed by atoms with Crippen LogP contribution in [0.5, 0.6) is 0 Å². The van der Waals surface area contributed by atoms with E-state index in [1.165, 1.54) is 77.0 Å². The highest BCUT2D eigenvalue weighted by molar-refractivity contribution is 7.47. The van der Waals surface area contributed by atoms with Gasteiger partial charge in [0.1, 0.15) is 19.3 Å². The van der Waals surface area contributed by atoms with Gasteiger partial charge in [0.05, 0.1) is 26.4 Å². The molecule has 102 heavy (non-hydrogen) atoms. The third-order valence-corrected chi connectivity index (χ3v) is 18.0. The van der Waals surface area contributed by atoms with E-state index >= 15 is 0 Å². The summed E-state index contributed by atoms with van der Waals surface area (Å²) >= 11 is 0. The Kier molecular flexibility index (Phi) is 71.0. The SMILES string of the molecule is CC/C=C\C/C=C\C/C=C\C/C=C\C/C=C\C/C=C\CCC(=O)OCC(COP(=O)(O)OCC(O)COP(=O)(O)OCC(COC(=O)CCCCCCC/C=C\CCCCCC)OC(=O)CCCCCCCCCCCCCCC)OC(=O)CCCCCC/C=C\C/C=C\C/C=C\C/C=C\CC. The summed E-state index contributed by atoms with van der Waals surface area (Å²) < 4.78 is 68.5. The van der Waals surface area contributed by atoms with E-state index in [2.05, 4.69) is 143 Å². The Morgan fingerprint density at radius 1 is 0.284 bits per heavy atom. The Labute approximate surface area is 618 Å². The summed E-state index contributed by atoms with van der Waals surface area (Å²) in [7, 11) is -9.98. The van der Waals surface area contributed by atoms with Gasteiger partial charge >= 0.3 is 39.5 Å². The van der Waals surface area contributed by atoms with Gasteiger partial charge in [-0.25, -0.2) is 9.13 Å². The number of esters is 4. The number of allylic oxidation sites excluding steroid dienone is 22. The molecule has 0 aliphatic rings. The Bertz CT molecular complexity index is 2460. The highest BCUT2D eigenvalue weighted by Crippen LogP contribution is 2.45. The van der Waals surface area contributed by atoms with Crippen molar-refractivity contribution in [2.24, 2.45) is 0 Å². The van der Waals surface area contributed by atoms with Crippen LogP contribution in [-0.4, -0.2) is 96.7 Å². The Balaban J connectivity index is 5.45. The smallest absolute Gasteiger partial charge is 0.462 e. The first-order chi connectivity index (χ1) is 49.7. The molecule has 0 heterocycles. The van der Waals surface area contributed by atoms with Crippen LogP contribution in [0.3, 0.4) is 0 Å². The summed E-state index contributed by atoms with van der Waals surface area (Å²) in [5, 5.41) is 10.6. The third-order valence-electron chi connectivity index (χ3n) is 16.1. The minimum absolute atomic E-state index is 0.0271. The van der Waals surface area contributed by atoms with Crippen molar-refractivity contribution >= 4 is 39.5 Å². The number of carbonyl (C=O) groups excluding carboxylic acids is 4. The van der Waals surface area contributed by atoms with E-state index in [4.69, 9.17) is 37.0 Å². The summed E-state index contributed by atoms with van der Waals surface area (Å²) in [6.07, 6.45) is 83.1. The van der Waals surface area contributed by atoms with Crippen LogP contribution < -0.4 is 0 Å². The Morgan fingerprint density at radius 2 is 0.529 bits per heavy atom. The van der Waals surface area contributed by atoms with Crippen LogP contribution in [0.1, 0.15) is 310 Å². The van der Waals surface area contributed by atoms with E-state index in [-0.39, 0.29) is 25.7 Å². The lowest BCUT2D eigenvalue weighted by molar-refractivity contribution is -0.161. The second kappa shape index (κ2) is 74.5. The number of ether oxygens (including phenoxy) is 4. The van der Waals surface area contributed by atoms with Crippen molar-refractivity contribution in [1.29, 1.82) is 0 Å². The van der Waals surface area contributed by atoms with Crippen molar-refractivity contribution in [2.45, 2.75) is 329 Å². The van der Waals surface area contributed by atoms with Crippen LogP contribution in [0, 0.1) is 0 Å². The molecule has 0 aromatic carbocycles. The number of hydrogen-bond acceptors (Lipinski definition) is 15. The molecule has 0 fully saturated rings. The van der Waals surface area contributed by atoms with Crippen LogP contribution in [0.2, 0.25) is 0 Å². The fraction of sp³-hybridized carbons (Fsp3) is 0.687. The topological polar surface area (TPSA) is 237 Å². The van der Waals surface area contributed by atoms with Crippen molar-refractivity contribution in [3.63, 3.8) is 0 Å². The molecule has 3 N–H and O–H groups in total. The van der Waals surface area contributed by atoms with Gasteiger partial charge in [-0.15, -0.1) is 0 Å². The molecule has 5 atom stereocenters. The number of aliphatic hydroxyl groups is 1. The zero-order valence-electron chi connectivity index (χ0n) is 63.7. The number of aliphatic hydroxyl groups excluding tert-OH is 1. The van der Waals surface area contributed by atoms with Gasteiger partial charge in [-0.05, 0) is 128 Å². The maximum absolute atomic E-state index is 13.1. The maximum atomic E-state index is 13.1. The summed E-state index contributed by atoms with van der Waals surface area (Å²) in [6.45, 7) is 4.52. The molecule has 0 spiro atoms. The van der Waals surface area contributed by atoms with Gasteiger partial charge in [0.15, 0.2) is 12.2 Å². The number of phosphoric acid groups is 2. The average molecular weight is 1470 g/mol. The maximum Gasteiger partial charge on any atom is 0.472 e. The number of hydrogen-bond donors (Lipinski definition) is 3. The number of phosphoric ester groups is 2. The number of unbranched alkanes of at least 4 members (excludes halogenated alkanes) is 25. The molecule has 0 rings (SSSR count). The molecular formula is C83H140O17P2. The molecule has 0 aromatic heterocycles. The molecule has 19 heteroatoms. The first kappa shape index (κ1) is 97.2. The number of rotatable bonds is 73. The standard InChI is InChI=1S/C83H140O17P2/c1-5-9-13-17-21-25-29-33-35-37-38-40-41-45-48-52-56-60-64-68-81(86)94-74-79(100-83(88)70-66-62-58-54-50-46-42-39-36-34-30-26-22-18-14-10-6-2)76-98-102(91,92)96-72-77(84)71-95-101(89,90)97-75-78(99-82(87)69-65-61-57-53-49-44-32-28-24-20-16-12-8-4)73-93-80(85)67-63-59-55-51-47-43-31-27-23-19-15-11-7-3/h9-10,13-14,21-22,25-27,31,33-36,38,40,42,45-46,48,56,60,77-79,84H,5-8,11-12,15-20,23-24,28-30,32,37,39,41,43-44,47,49-55,57-59,61-76H2,1-4H3,(H,89,90)(H,91,92)/b13-9-,14-10-,25-21-,26-22-,31-27-,35-33-,36-34-,40-38-,46-42-,48-45-,60-56-. The fourth-order valence-corrected chi connectivity index (χ4v) is 11.8. The fourth-order valence-electron chi connectivity index (χ4n) is 10.2. The predicted octanol–water partition coefficient (Wildman–Crippen LogP) is 22.9. The summed E-state index contributed by atoms with van der Waals surface area (Å²) in [6, 6.07) is 0. The van der Waals surface area contributed by atoms with Gasteiger partial charge < -0.3 is 33.8 Å². The van der Waals surface area contributed by atoms with Gasteiger partial charge in [-0.3, -0.25) is 37.3 Å². The average Bonchev–Trinajstić information content (AvgIpc) is 0.923. The van der Waals surface area contributed by atoms with Crippen LogP contribution in [0.4, 0.5) is 0 Å². The minimum Gasteiger partial charge on any atom is -0.462 e. The molecule has 584 valence electrons. The largest absolute Gasteiger partial charge is 0.472 e. The Hall–Kier alpha value is -4.80. The zero-order valence-corrected chi connectivity index (χ0v) is 65.5. The van der Waals surface area contributed by atoms with E-state index in [0.717, 1.165) is 148 Å². The van der Waals surface area contributed by atoms with Crippen molar-refractivity contribution in [2.75, 3.05) is 39.6 Å². The monoisotopic (exact) mass is 1470 g/mol. The van der Waals surface area contributed by atoms with E-state index < -0.39 is 97.5 Å². The van der Waals surface area contributed by atoms with Gasteiger partial charge in [0.2, 0.25) is 0 Å². The molecule has 0 radical (unpaired) electrons. The van der Waals surface area contributed by atoms with E-state index in [0.29, 0.717) is 32.1 Å². The van der Waals surface area contributed by atoms with Crippen LogP contribution in [0.25, 0.3) is 0 Å². The Morgan fingerprint density at radius 3 is 0.863 bits per heavy atom. The lowest BCUT2D eigenvalue weighted by Crippen LogP contribution is -2.30. The normalized spacial score (nSPS) is 14.6. The van der Waals surface area contributed by atoms with Gasteiger partial charge in [0.25, 0.3) is 0 Å². The molecule has 0 aliphatic heterocycles. The predicted molar refractivity (Wildman–Crippen MR) is 418 cm³/mol. The van der Waals surface area contributed by atoms with Gasteiger partial charge in [-0.2, -0.15) is 0 Å². The molecule has 17 nitrogen and oxygen atoms in total. The minimum atomic E-state index is -5.00. The summed E-state index contributed by atoms with van der Waals surface area (Å²) in [5.41, 5.74) is 0. The number of carbonyl (C=O) groups is 4. The van der Waals surface area contributed by atoms with Crippen molar-refractivity contribution in [3.05, 3.63) is 134 Å².